The van der Waals surface area contributed by atoms with E-state index in [0.29, 0.717) is 6.54 Å². The van der Waals surface area contributed by atoms with E-state index in [1.54, 1.807) is 0 Å². The van der Waals surface area contributed by atoms with Gasteiger partial charge in [0.05, 0.1) is 10.7 Å². The Morgan fingerprint density at radius 1 is 1.20 bits per heavy atom. The van der Waals surface area contributed by atoms with Crippen molar-refractivity contribution in [3.63, 3.8) is 0 Å². The number of hydrogen-bond acceptors (Lipinski definition) is 1. The highest BCUT2D eigenvalue weighted by Gasteiger charge is 2.02. The number of rotatable bonds is 3. The third-order valence-corrected chi connectivity index (χ3v) is 2.63. The zero-order valence-corrected chi connectivity index (χ0v) is 9.11. The summed E-state index contributed by atoms with van der Waals surface area (Å²) in [5.41, 5.74) is 7.68. The van der Waals surface area contributed by atoms with Crippen molar-refractivity contribution >= 4 is 11.6 Å². The van der Waals surface area contributed by atoms with Crippen LogP contribution in [0, 0.1) is 0 Å². The highest BCUT2D eigenvalue weighted by Crippen LogP contribution is 2.22. The van der Waals surface area contributed by atoms with Crippen LogP contribution in [-0.2, 0) is 6.42 Å². The lowest BCUT2D eigenvalue weighted by atomic mass is 10.1. The Balaban J connectivity index is 2.35. The second-order valence-corrected chi connectivity index (χ2v) is 3.82. The van der Waals surface area contributed by atoms with Gasteiger partial charge in [-0.1, -0.05) is 17.7 Å². The van der Waals surface area contributed by atoms with Crippen LogP contribution in [0.2, 0.25) is 5.02 Å². The lowest BCUT2D eigenvalue weighted by molar-refractivity contribution is 0.965. The molecule has 0 unspecified atom stereocenters. The maximum Gasteiger partial charge on any atom is 0.0649 e. The van der Waals surface area contributed by atoms with Crippen LogP contribution in [0.3, 0.4) is 0 Å². The standard InChI is InChI=1S/C12H13ClN2/c13-11-9-10(5-6-14)3-4-12(11)15-7-1-2-8-15/h1-4,7-9H,5-6,14H2. The van der Waals surface area contributed by atoms with E-state index in [9.17, 15) is 0 Å². The summed E-state index contributed by atoms with van der Waals surface area (Å²) < 4.78 is 1.99. The van der Waals surface area contributed by atoms with Crippen LogP contribution in [0.5, 0.6) is 0 Å². The molecule has 0 saturated heterocycles. The lowest BCUT2D eigenvalue weighted by Crippen LogP contribution is -2.03. The quantitative estimate of drug-likeness (QED) is 0.847. The Morgan fingerprint density at radius 2 is 1.93 bits per heavy atom. The molecule has 2 nitrogen and oxygen atoms in total. The fraction of sp³-hybridized carbons (Fsp3) is 0.167. The maximum atomic E-state index is 6.19. The van der Waals surface area contributed by atoms with E-state index in [1.807, 2.05) is 41.2 Å². The van der Waals surface area contributed by atoms with Gasteiger partial charge in [-0.2, -0.15) is 0 Å². The van der Waals surface area contributed by atoms with E-state index in [1.165, 1.54) is 5.56 Å². The van der Waals surface area contributed by atoms with Crippen LogP contribution >= 0.6 is 11.6 Å². The van der Waals surface area contributed by atoms with Crippen molar-refractivity contribution in [2.75, 3.05) is 6.54 Å². The first-order valence-corrected chi connectivity index (χ1v) is 5.31. The topological polar surface area (TPSA) is 30.9 Å². The SMILES string of the molecule is NCCc1ccc(-n2cccc2)c(Cl)c1. The summed E-state index contributed by atoms with van der Waals surface area (Å²) in [5.74, 6) is 0. The molecular formula is C12H13ClN2. The van der Waals surface area contributed by atoms with E-state index in [0.717, 1.165) is 17.1 Å². The van der Waals surface area contributed by atoms with Gasteiger partial charge in [0.2, 0.25) is 0 Å². The van der Waals surface area contributed by atoms with Crippen molar-refractivity contribution < 1.29 is 0 Å². The van der Waals surface area contributed by atoms with Gasteiger partial charge in [0.25, 0.3) is 0 Å². The molecule has 0 spiro atoms. The van der Waals surface area contributed by atoms with E-state index in [2.05, 4.69) is 6.07 Å². The molecule has 1 aromatic carbocycles. The van der Waals surface area contributed by atoms with Crippen LogP contribution in [0.25, 0.3) is 5.69 Å². The zero-order valence-electron chi connectivity index (χ0n) is 8.36. The molecule has 0 aliphatic rings. The Kier molecular flexibility index (Phi) is 3.09. The zero-order chi connectivity index (χ0) is 10.7. The molecule has 0 bridgehead atoms. The van der Waals surface area contributed by atoms with Gasteiger partial charge < -0.3 is 10.3 Å². The van der Waals surface area contributed by atoms with Gasteiger partial charge >= 0.3 is 0 Å². The predicted molar refractivity (Wildman–Crippen MR) is 63.5 cm³/mol. The van der Waals surface area contributed by atoms with Crippen LogP contribution < -0.4 is 5.73 Å². The number of hydrogen-bond donors (Lipinski definition) is 1. The van der Waals surface area contributed by atoms with Gasteiger partial charge in [0, 0.05) is 12.4 Å². The third kappa shape index (κ3) is 2.22. The number of nitrogens with zero attached hydrogens (tertiary/aromatic N) is 1. The van der Waals surface area contributed by atoms with Gasteiger partial charge in [-0.25, -0.2) is 0 Å². The van der Waals surface area contributed by atoms with Crippen molar-refractivity contribution in [2.45, 2.75) is 6.42 Å². The van der Waals surface area contributed by atoms with Gasteiger partial charge in [-0.3, -0.25) is 0 Å². The van der Waals surface area contributed by atoms with Crippen molar-refractivity contribution in [2.24, 2.45) is 5.73 Å². The molecule has 0 aliphatic heterocycles. The summed E-state index contributed by atoms with van der Waals surface area (Å²) >= 11 is 6.19. The molecule has 0 atom stereocenters. The van der Waals surface area contributed by atoms with Crippen molar-refractivity contribution in [1.82, 2.24) is 4.57 Å². The molecule has 0 amide bonds. The Labute approximate surface area is 94.3 Å². The van der Waals surface area contributed by atoms with Crippen molar-refractivity contribution in [3.8, 4) is 5.69 Å². The van der Waals surface area contributed by atoms with Gasteiger partial charge in [0.15, 0.2) is 0 Å². The van der Waals surface area contributed by atoms with Crippen molar-refractivity contribution in [3.05, 3.63) is 53.3 Å². The second kappa shape index (κ2) is 4.51. The van der Waals surface area contributed by atoms with E-state index >= 15 is 0 Å². The highest BCUT2D eigenvalue weighted by molar-refractivity contribution is 6.32. The van der Waals surface area contributed by atoms with Crippen LogP contribution in [0.15, 0.2) is 42.7 Å². The fourth-order valence-corrected chi connectivity index (χ4v) is 1.88. The lowest BCUT2D eigenvalue weighted by Gasteiger charge is -2.07. The number of nitrogens with two attached hydrogens (primary N) is 1. The second-order valence-electron chi connectivity index (χ2n) is 3.41. The van der Waals surface area contributed by atoms with Crippen LogP contribution in [0.1, 0.15) is 5.56 Å². The molecule has 2 aromatic rings. The summed E-state index contributed by atoms with van der Waals surface area (Å²) in [4.78, 5) is 0. The molecule has 78 valence electrons. The normalized spacial score (nSPS) is 10.5. The molecule has 1 heterocycles. The monoisotopic (exact) mass is 220 g/mol. The van der Waals surface area contributed by atoms with E-state index in [-0.39, 0.29) is 0 Å². The van der Waals surface area contributed by atoms with Gasteiger partial charge in [-0.15, -0.1) is 0 Å². The Morgan fingerprint density at radius 3 is 2.53 bits per heavy atom. The number of benzene rings is 1. The maximum absolute atomic E-state index is 6.19. The largest absolute Gasteiger partial charge is 0.330 e. The summed E-state index contributed by atoms with van der Waals surface area (Å²) in [5, 5.41) is 0.761. The van der Waals surface area contributed by atoms with Gasteiger partial charge in [-0.05, 0) is 42.8 Å². The molecule has 0 saturated carbocycles. The first-order valence-electron chi connectivity index (χ1n) is 4.93. The first-order chi connectivity index (χ1) is 7.31. The van der Waals surface area contributed by atoms with Crippen LogP contribution in [0.4, 0.5) is 0 Å². The molecule has 0 radical (unpaired) electrons. The molecular weight excluding hydrogens is 208 g/mol. The first kappa shape index (κ1) is 10.3. The number of halogens is 1. The van der Waals surface area contributed by atoms with Crippen LogP contribution in [-0.4, -0.2) is 11.1 Å². The third-order valence-electron chi connectivity index (χ3n) is 2.33. The fourth-order valence-electron chi connectivity index (χ4n) is 1.58. The summed E-state index contributed by atoms with van der Waals surface area (Å²) in [6.07, 6.45) is 4.82. The molecule has 15 heavy (non-hydrogen) atoms. The van der Waals surface area contributed by atoms with Gasteiger partial charge in [0.1, 0.15) is 0 Å². The minimum Gasteiger partial charge on any atom is -0.330 e. The molecule has 2 rings (SSSR count). The minimum absolute atomic E-state index is 0.652. The highest BCUT2D eigenvalue weighted by atomic mass is 35.5. The predicted octanol–water partition coefficient (Wildman–Crippen LogP) is 2.63. The van der Waals surface area contributed by atoms with E-state index in [4.69, 9.17) is 17.3 Å². The Bertz CT molecular complexity index is 435. The molecule has 3 heteroatoms. The molecule has 1 aromatic heterocycles. The molecule has 0 fully saturated rings. The average molecular weight is 221 g/mol. The molecule has 2 N–H and O–H groups in total. The van der Waals surface area contributed by atoms with E-state index < -0.39 is 0 Å². The minimum atomic E-state index is 0.652. The van der Waals surface area contributed by atoms with Crippen molar-refractivity contribution in [1.29, 1.82) is 0 Å². The summed E-state index contributed by atoms with van der Waals surface area (Å²) in [6, 6.07) is 10.0. The number of aromatic nitrogens is 1. The average Bonchev–Trinajstić information content (AvgIpc) is 2.71. The summed E-state index contributed by atoms with van der Waals surface area (Å²) in [7, 11) is 0. The molecule has 0 aliphatic carbocycles. The summed E-state index contributed by atoms with van der Waals surface area (Å²) in [6.45, 7) is 0.652. The Hall–Kier alpha value is -1.25. The smallest absolute Gasteiger partial charge is 0.0649 e.